The van der Waals surface area contributed by atoms with Crippen LogP contribution in [0.1, 0.15) is 111 Å². The van der Waals surface area contributed by atoms with E-state index in [1.807, 2.05) is 30.3 Å². The first-order valence-electron chi connectivity index (χ1n) is 32.6. The van der Waals surface area contributed by atoms with E-state index in [2.05, 4.69) is 286 Å². The van der Waals surface area contributed by atoms with Crippen molar-refractivity contribution >= 4 is 87.5 Å². The minimum absolute atomic E-state index is 0.161. The summed E-state index contributed by atoms with van der Waals surface area (Å²) >= 11 is 0. The van der Waals surface area contributed by atoms with Crippen LogP contribution in [0.15, 0.2) is 227 Å². The summed E-state index contributed by atoms with van der Waals surface area (Å²) in [6.07, 6.45) is 0. The number of hydrogen-bond donors (Lipinski definition) is 0. The molecule has 11 aromatic carbocycles. The summed E-state index contributed by atoms with van der Waals surface area (Å²) < 4.78 is 18.7. The molecule has 0 fully saturated rings. The summed E-state index contributed by atoms with van der Waals surface area (Å²) in [5.41, 5.74) is 20.5. The number of rotatable bonds is 7. The summed E-state index contributed by atoms with van der Waals surface area (Å²) in [6.45, 7) is 27.3. The maximum Gasteiger partial charge on any atom is 0.164 e. The summed E-state index contributed by atoms with van der Waals surface area (Å²) in [6, 6.07) is 80.6. The number of benzene rings is 11. The molecule has 16 rings (SSSR count). The Morgan fingerprint density at radius 3 is 1.22 bits per heavy atom. The van der Waals surface area contributed by atoms with Crippen molar-refractivity contribution in [3.8, 4) is 73.9 Å². The van der Waals surface area contributed by atoms with Crippen LogP contribution < -0.4 is 0 Å². The number of nitriles is 1. The van der Waals surface area contributed by atoms with Gasteiger partial charge in [-0.05, 0) is 164 Å². The standard InChI is InChI=1S/C86H72N6O2/c1-83(2,3)56-41-54(42-57(47-56)84(4,5)6)81-88-80(89-82(90-81)55-43-58(85(7,8)9)48-59(44-55)86(10,11)12)53-33-37-70(91-68-28-17-13-26-65(68)76-71(91)38-35-63-61-24-15-19-30-74(61)93-78(63)76)67(45-53)60-34-32-52(51-23-21-22-50(40-51)49-87)46-73(60)92-69-29-18-14-27-66(69)77-72(92)39-36-64-62-25-16-20-31-75(62)94-79(64)77/h13-48H,1-12H3. The highest BCUT2D eigenvalue weighted by molar-refractivity contribution is 6.25. The Balaban J connectivity index is 1.04. The molecule has 0 aliphatic heterocycles. The van der Waals surface area contributed by atoms with Gasteiger partial charge in [0.05, 0.1) is 55.8 Å². The molecule has 0 bridgehead atoms. The van der Waals surface area contributed by atoms with Crippen molar-refractivity contribution in [3.63, 3.8) is 0 Å². The van der Waals surface area contributed by atoms with E-state index < -0.39 is 0 Å². The van der Waals surface area contributed by atoms with Crippen molar-refractivity contribution in [2.45, 2.75) is 105 Å². The molecule has 94 heavy (non-hydrogen) atoms. The van der Waals surface area contributed by atoms with Crippen molar-refractivity contribution in [3.05, 3.63) is 246 Å². The molecule has 16 aromatic rings. The summed E-state index contributed by atoms with van der Waals surface area (Å²) in [7, 11) is 0. The smallest absolute Gasteiger partial charge is 0.164 e. The molecule has 0 saturated heterocycles. The lowest BCUT2D eigenvalue weighted by Gasteiger charge is -2.26. The van der Waals surface area contributed by atoms with Gasteiger partial charge >= 0.3 is 0 Å². The highest BCUT2D eigenvalue weighted by Gasteiger charge is 2.29. The van der Waals surface area contributed by atoms with Gasteiger partial charge < -0.3 is 18.0 Å². The summed E-state index contributed by atoms with van der Waals surface area (Å²) in [4.78, 5) is 16.9. The number of para-hydroxylation sites is 4. The Morgan fingerprint density at radius 2 is 0.745 bits per heavy atom. The predicted octanol–water partition coefficient (Wildman–Crippen LogP) is 23.3. The zero-order valence-corrected chi connectivity index (χ0v) is 55.3. The fourth-order valence-electron chi connectivity index (χ4n) is 14.0. The van der Waals surface area contributed by atoms with Crippen LogP contribution in [0.4, 0.5) is 0 Å². The lowest BCUT2D eigenvalue weighted by molar-refractivity contribution is 0.568. The first-order chi connectivity index (χ1) is 45.0. The molecule has 0 aliphatic rings. The number of nitrogens with zero attached hydrogens (tertiary/aromatic N) is 6. The molecule has 0 unspecified atom stereocenters. The van der Waals surface area contributed by atoms with Crippen molar-refractivity contribution in [2.75, 3.05) is 0 Å². The number of hydrogen-bond acceptors (Lipinski definition) is 6. The molecule has 5 aromatic heterocycles. The normalized spacial score (nSPS) is 12.7. The highest BCUT2D eigenvalue weighted by Crippen LogP contribution is 2.48. The average molecular weight is 1220 g/mol. The first kappa shape index (κ1) is 58.2. The Kier molecular flexibility index (Phi) is 13.1. The van der Waals surface area contributed by atoms with Crippen LogP contribution in [0.2, 0.25) is 0 Å². The molecule has 8 heteroatoms. The summed E-state index contributed by atoms with van der Waals surface area (Å²) in [5, 5.41) is 18.8. The molecule has 8 nitrogen and oxygen atoms in total. The van der Waals surface area contributed by atoms with E-state index in [9.17, 15) is 5.26 Å². The van der Waals surface area contributed by atoms with Crippen LogP contribution in [0.25, 0.3) is 155 Å². The van der Waals surface area contributed by atoms with E-state index in [0.717, 1.165) is 138 Å². The highest BCUT2D eigenvalue weighted by atomic mass is 16.3. The number of fused-ring (bicyclic) bond motifs is 14. The van der Waals surface area contributed by atoms with Crippen LogP contribution in [0, 0.1) is 11.3 Å². The zero-order valence-electron chi connectivity index (χ0n) is 55.3. The molecular weight excluding hydrogens is 1150 g/mol. The van der Waals surface area contributed by atoms with Crippen LogP contribution in [0.5, 0.6) is 0 Å². The third-order valence-corrected chi connectivity index (χ3v) is 19.2. The third kappa shape index (κ3) is 9.58. The molecule has 0 radical (unpaired) electrons. The van der Waals surface area contributed by atoms with Crippen LogP contribution in [0.3, 0.4) is 0 Å². The lowest BCUT2D eigenvalue weighted by atomic mass is 9.79. The quantitative estimate of drug-likeness (QED) is 0.158. The van der Waals surface area contributed by atoms with Gasteiger partial charge in [-0.1, -0.05) is 192 Å². The Labute approximate surface area is 547 Å². The average Bonchev–Trinajstić information content (AvgIpc) is 1.55. The summed E-state index contributed by atoms with van der Waals surface area (Å²) in [5.74, 6) is 1.75. The van der Waals surface area contributed by atoms with Gasteiger partial charge in [0, 0.05) is 60.1 Å². The van der Waals surface area contributed by atoms with Gasteiger partial charge in [0.2, 0.25) is 0 Å². The van der Waals surface area contributed by atoms with Crippen LogP contribution >= 0.6 is 0 Å². The molecule has 458 valence electrons. The zero-order chi connectivity index (χ0) is 64.9. The lowest BCUT2D eigenvalue weighted by Crippen LogP contribution is -2.17. The Morgan fingerprint density at radius 1 is 0.319 bits per heavy atom. The molecule has 0 atom stereocenters. The second-order valence-corrected chi connectivity index (χ2v) is 29.6. The van der Waals surface area contributed by atoms with Crippen LogP contribution in [-0.4, -0.2) is 24.1 Å². The minimum atomic E-state index is -0.161. The van der Waals surface area contributed by atoms with Crippen molar-refractivity contribution in [1.82, 2.24) is 24.1 Å². The molecular formula is C86H72N6O2. The number of aromatic nitrogens is 5. The van der Waals surface area contributed by atoms with E-state index >= 15 is 0 Å². The van der Waals surface area contributed by atoms with Gasteiger partial charge in [-0.25, -0.2) is 15.0 Å². The molecule has 0 amide bonds. The Bertz CT molecular complexity index is 5710. The van der Waals surface area contributed by atoms with E-state index in [1.54, 1.807) is 0 Å². The molecule has 5 heterocycles. The van der Waals surface area contributed by atoms with Gasteiger partial charge in [-0.3, -0.25) is 0 Å². The molecule has 0 spiro atoms. The van der Waals surface area contributed by atoms with Crippen LogP contribution in [-0.2, 0) is 21.7 Å². The molecule has 0 aliphatic carbocycles. The monoisotopic (exact) mass is 1220 g/mol. The largest absolute Gasteiger partial charge is 0.455 e. The van der Waals surface area contributed by atoms with E-state index in [0.29, 0.717) is 23.0 Å². The van der Waals surface area contributed by atoms with Gasteiger partial charge in [-0.15, -0.1) is 0 Å². The molecule has 0 saturated carbocycles. The van der Waals surface area contributed by atoms with Crippen molar-refractivity contribution in [2.24, 2.45) is 0 Å². The SMILES string of the molecule is CC(C)(C)c1cc(-c2nc(-c3cc(C(C)(C)C)cc(C(C)(C)C)c3)nc(-c3ccc(-n4c5ccccc5c5c6oc7ccccc7c6ccc54)c(-c4ccc(-c5cccc(C#N)c5)cc4-n4c5ccccc5c5c6oc7ccccc7c6ccc54)c3)n2)cc(C(C)(C)C)c1. The van der Waals surface area contributed by atoms with Crippen molar-refractivity contribution < 1.29 is 8.83 Å². The maximum atomic E-state index is 10.3. The van der Waals surface area contributed by atoms with Crippen molar-refractivity contribution in [1.29, 1.82) is 5.26 Å². The maximum absolute atomic E-state index is 10.3. The number of furan rings is 2. The minimum Gasteiger partial charge on any atom is -0.455 e. The second-order valence-electron chi connectivity index (χ2n) is 29.6. The van der Waals surface area contributed by atoms with E-state index in [1.165, 1.54) is 22.3 Å². The van der Waals surface area contributed by atoms with E-state index in [4.69, 9.17) is 23.8 Å². The molecule has 0 N–H and O–H groups in total. The topological polar surface area (TPSA) is 98.6 Å². The van der Waals surface area contributed by atoms with Gasteiger partial charge in [0.15, 0.2) is 17.5 Å². The Hall–Kier alpha value is -10.9. The fourth-order valence-corrected chi connectivity index (χ4v) is 14.0. The van der Waals surface area contributed by atoms with Gasteiger partial charge in [0.25, 0.3) is 0 Å². The second kappa shape index (κ2) is 21.1. The van der Waals surface area contributed by atoms with E-state index in [-0.39, 0.29) is 21.7 Å². The fraction of sp³-hybridized carbons (Fsp3) is 0.186. The van der Waals surface area contributed by atoms with Gasteiger partial charge in [-0.2, -0.15) is 5.26 Å². The predicted molar refractivity (Wildman–Crippen MR) is 390 cm³/mol. The first-order valence-corrected chi connectivity index (χ1v) is 32.6. The third-order valence-electron chi connectivity index (χ3n) is 19.2. The van der Waals surface area contributed by atoms with Gasteiger partial charge in [0.1, 0.15) is 22.3 Å².